The Hall–Kier alpha value is -2.34. The van der Waals surface area contributed by atoms with Crippen LogP contribution in [0, 0.1) is 0 Å². The Kier molecular flexibility index (Phi) is 5.62. The summed E-state index contributed by atoms with van der Waals surface area (Å²) in [5, 5.41) is 0. The lowest BCUT2D eigenvalue weighted by Gasteiger charge is -2.18. The van der Waals surface area contributed by atoms with Crippen LogP contribution in [0.25, 0.3) is 0 Å². The molecule has 0 aliphatic heterocycles. The predicted molar refractivity (Wildman–Crippen MR) is 84.4 cm³/mol. The molecule has 2 rings (SSSR count). The molecule has 0 saturated carbocycles. The zero-order chi connectivity index (χ0) is 17.7. The van der Waals surface area contributed by atoms with Gasteiger partial charge in [-0.1, -0.05) is 24.3 Å². The van der Waals surface area contributed by atoms with Crippen LogP contribution in [0.2, 0.25) is 0 Å². The second kappa shape index (κ2) is 7.49. The minimum absolute atomic E-state index is 0.201. The van der Waals surface area contributed by atoms with Crippen LogP contribution in [0.5, 0.6) is 0 Å². The molecule has 0 spiro atoms. The third kappa shape index (κ3) is 4.58. The highest BCUT2D eigenvalue weighted by atomic mass is 19.4. The maximum absolute atomic E-state index is 12.6. The Labute approximate surface area is 138 Å². The number of ether oxygens (including phenoxy) is 1. The van der Waals surface area contributed by atoms with Gasteiger partial charge >= 0.3 is 6.18 Å². The minimum atomic E-state index is -4.36. The second-order valence-electron chi connectivity index (χ2n) is 5.49. The van der Waals surface area contributed by atoms with Crippen molar-refractivity contribution in [2.24, 2.45) is 0 Å². The molecule has 0 saturated heterocycles. The van der Waals surface area contributed by atoms with Crippen molar-refractivity contribution in [3.8, 4) is 0 Å². The maximum atomic E-state index is 12.6. The number of carbonyl (C=O) groups is 1. The Morgan fingerprint density at radius 2 is 1.75 bits per heavy atom. The molecule has 2 aromatic carbocycles. The molecule has 0 aliphatic carbocycles. The van der Waals surface area contributed by atoms with Gasteiger partial charge in [0.25, 0.3) is 5.91 Å². The number of methoxy groups -OCH3 is 1. The average molecular weight is 337 g/mol. The van der Waals surface area contributed by atoms with E-state index in [1.54, 1.807) is 32.4 Å². The van der Waals surface area contributed by atoms with E-state index in [2.05, 4.69) is 0 Å². The van der Waals surface area contributed by atoms with Gasteiger partial charge in [-0.15, -0.1) is 0 Å². The smallest absolute Gasteiger partial charge is 0.380 e. The molecule has 0 atom stereocenters. The highest BCUT2D eigenvalue weighted by Crippen LogP contribution is 2.29. The van der Waals surface area contributed by atoms with E-state index in [0.29, 0.717) is 17.7 Å². The molecule has 2 aromatic rings. The van der Waals surface area contributed by atoms with Crippen molar-refractivity contribution in [2.75, 3.05) is 14.2 Å². The molecule has 6 heteroatoms. The first-order valence-corrected chi connectivity index (χ1v) is 7.30. The van der Waals surface area contributed by atoms with Crippen LogP contribution in [0.3, 0.4) is 0 Å². The van der Waals surface area contributed by atoms with Gasteiger partial charge in [0.15, 0.2) is 0 Å². The van der Waals surface area contributed by atoms with Gasteiger partial charge in [-0.3, -0.25) is 4.79 Å². The van der Waals surface area contributed by atoms with E-state index in [0.717, 1.165) is 17.7 Å². The Balaban J connectivity index is 2.07. The predicted octanol–water partition coefficient (Wildman–Crippen LogP) is 4.12. The van der Waals surface area contributed by atoms with Crippen molar-refractivity contribution in [1.82, 2.24) is 4.90 Å². The first-order chi connectivity index (χ1) is 11.3. The van der Waals surface area contributed by atoms with E-state index in [1.165, 1.54) is 17.0 Å². The van der Waals surface area contributed by atoms with Crippen molar-refractivity contribution < 1.29 is 22.7 Å². The summed E-state index contributed by atoms with van der Waals surface area (Å²) in [6.45, 7) is 0.634. The van der Waals surface area contributed by atoms with Crippen LogP contribution in [0.15, 0.2) is 48.5 Å². The fourth-order valence-corrected chi connectivity index (χ4v) is 2.33. The van der Waals surface area contributed by atoms with Crippen molar-refractivity contribution in [3.63, 3.8) is 0 Å². The van der Waals surface area contributed by atoms with Gasteiger partial charge in [0.2, 0.25) is 0 Å². The van der Waals surface area contributed by atoms with Gasteiger partial charge < -0.3 is 9.64 Å². The summed E-state index contributed by atoms with van der Waals surface area (Å²) in [6, 6.07) is 11.9. The molecule has 0 aromatic heterocycles. The number of rotatable bonds is 5. The van der Waals surface area contributed by atoms with E-state index in [-0.39, 0.29) is 12.5 Å². The van der Waals surface area contributed by atoms with Crippen LogP contribution < -0.4 is 0 Å². The lowest BCUT2D eigenvalue weighted by atomic mass is 10.1. The van der Waals surface area contributed by atoms with Gasteiger partial charge in [0.05, 0.1) is 12.2 Å². The molecule has 0 N–H and O–H groups in total. The molecule has 0 bridgehead atoms. The van der Waals surface area contributed by atoms with E-state index in [1.807, 2.05) is 6.07 Å². The molecular formula is C18H18F3NO2. The molecule has 0 aliphatic rings. The third-order valence-electron chi connectivity index (χ3n) is 3.53. The quantitative estimate of drug-likeness (QED) is 0.821. The van der Waals surface area contributed by atoms with Crippen LogP contribution >= 0.6 is 0 Å². The van der Waals surface area contributed by atoms with Crippen LogP contribution in [-0.2, 0) is 24.1 Å². The second-order valence-corrected chi connectivity index (χ2v) is 5.49. The zero-order valence-corrected chi connectivity index (χ0v) is 13.4. The molecule has 0 heterocycles. The molecule has 128 valence electrons. The van der Waals surface area contributed by atoms with E-state index < -0.39 is 11.7 Å². The van der Waals surface area contributed by atoms with Crippen molar-refractivity contribution in [1.29, 1.82) is 0 Å². The minimum Gasteiger partial charge on any atom is -0.380 e. The number of benzene rings is 2. The van der Waals surface area contributed by atoms with Crippen molar-refractivity contribution in [3.05, 3.63) is 70.8 Å². The number of amides is 1. The van der Waals surface area contributed by atoms with E-state index >= 15 is 0 Å². The Bertz CT molecular complexity index is 696. The third-order valence-corrected chi connectivity index (χ3v) is 3.53. The summed E-state index contributed by atoms with van der Waals surface area (Å²) in [4.78, 5) is 13.9. The number of halogens is 3. The molecule has 0 fully saturated rings. The average Bonchev–Trinajstić information content (AvgIpc) is 2.54. The molecule has 0 unspecified atom stereocenters. The van der Waals surface area contributed by atoms with Gasteiger partial charge in [-0.2, -0.15) is 13.2 Å². The zero-order valence-electron chi connectivity index (χ0n) is 13.4. The highest BCUT2D eigenvalue weighted by Gasteiger charge is 2.30. The molecule has 0 radical (unpaired) electrons. The SMILES string of the molecule is COCc1cccc(C(=O)N(C)Cc2ccc(C(F)(F)F)cc2)c1. The van der Waals surface area contributed by atoms with Gasteiger partial charge in [-0.05, 0) is 35.4 Å². The van der Waals surface area contributed by atoms with Crippen LogP contribution in [0.1, 0.15) is 27.0 Å². The summed E-state index contributed by atoms with van der Waals surface area (Å²) in [7, 11) is 3.19. The fraction of sp³-hybridized carbons (Fsp3) is 0.278. The number of alkyl halides is 3. The highest BCUT2D eigenvalue weighted by molar-refractivity contribution is 5.94. The number of hydrogen-bond donors (Lipinski definition) is 0. The van der Waals surface area contributed by atoms with E-state index in [4.69, 9.17) is 4.74 Å². The molecular weight excluding hydrogens is 319 g/mol. The van der Waals surface area contributed by atoms with Gasteiger partial charge in [0, 0.05) is 26.3 Å². The Morgan fingerprint density at radius 3 is 2.33 bits per heavy atom. The van der Waals surface area contributed by atoms with Crippen LogP contribution in [-0.4, -0.2) is 25.0 Å². The molecule has 1 amide bonds. The van der Waals surface area contributed by atoms with Gasteiger partial charge in [-0.25, -0.2) is 0 Å². The number of carbonyl (C=O) groups excluding carboxylic acids is 1. The number of nitrogens with zero attached hydrogens (tertiary/aromatic N) is 1. The lowest BCUT2D eigenvalue weighted by Crippen LogP contribution is -2.26. The first-order valence-electron chi connectivity index (χ1n) is 7.30. The summed E-state index contributed by atoms with van der Waals surface area (Å²) < 4.78 is 42.7. The summed E-state index contributed by atoms with van der Waals surface area (Å²) in [6.07, 6.45) is -4.36. The van der Waals surface area contributed by atoms with Crippen molar-refractivity contribution >= 4 is 5.91 Å². The van der Waals surface area contributed by atoms with Crippen LogP contribution in [0.4, 0.5) is 13.2 Å². The van der Waals surface area contributed by atoms with E-state index in [9.17, 15) is 18.0 Å². The fourth-order valence-electron chi connectivity index (χ4n) is 2.33. The lowest BCUT2D eigenvalue weighted by molar-refractivity contribution is -0.137. The standard InChI is InChI=1S/C18H18F3NO2/c1-22(11-13-6-8-16(9-7-13)18(19,20)21)17(23)15-5-3-4-14(10-15)12-24-2/h3-10H,11-12H2,1-2H3. The number of hydrogen-bond acceptors (Lipinski definition) is 2. The monoisotopic (exact) mass is 337 g/mol. The largest absolute Gasteiger partial charge is 0.416 e. The van der Waals surface area contributed by atoms with Gasteiger partial charge in [0.1, 0.15) is 0 Å². The normalized spacial score (nSPS) is 11.4. The molecule has 24 heavy (non-hydrogen) atoms. The molecule has 3 nitrogen and oxygen atoms in total. The summed E-state index contributed by atoms with van der Waals surface area (Å²) in [5.74, 6) is -0.201. The Morgan fingerprint density at radius 1 is 1.08 bits per heavy atom. The summed E-state index contributed by atoms with van der Waals surface area (Å²) >= 11 is 0. The summed E-state index contributed by atoms with van der Waals surface area (Å²) in [5.41, 5.74) is 1.32. The first kappa shape index (κ1) is 18.0. The topological polar surface area (TPSA) is 29.5 Å². The van der Waals surface area contributed by atoms with Crippen molar-refractivity contribution in [2.45, 2.75) is 19.3 Å². The maximum Gasteiger partial charge on any atom is 0.416 e.